The van der Waals surface area contributed by atoms with E-state index in [1.54, 1.807) is 13.2 Å². The van der Waals surface area contributed by atoms with E-state index in [1.165, 1.54) is 11.9 Å². The highest BCUT2D eigenvalue weighted by Gasteiger charge is 2.44. The molecule has 1 saturated heterocycles. The molecule has 2 heterocycles. The molecule has 10 heteroatoms. The Hall–Kier alpha value is -2.20. The van der Waals surface area contributed by atoms with Gasteiger partial charge >= 0.3 is 0 Å². The molecule has 2 aliphatic rings. The van der Waals surface area contributed by atoms with Crippen molar-refractivity contribution in [2.75, 3.05) is 12.9 Å². The van der Waals surface area contributed by atoms with Crippen molar-refractivity contribution in [3.05, 3.63) is 35.4 Å². The Morgan fingerprint density at radius 2 is 2.00 bits per heavy atom. The van der Waals surface area contributed by atoms with Crippen molar-refractivity contribution in [3.8, 4) is 0 Å². The minimum absolute atomic E-state index is 0.0612. The van der Waals surface area contributed by atoms with Gasteiger partial charge in [0, 0.05) is 30.7 Å². The third-order valence-electron chi connectivity index (χ3n) is 4.37. The van der Waals surface area contributed by atoms with Crippen LogP contribution in [0.1, 0.15) is 25.3 Å². The summed E-state index contributed by atoms with van der Waals surface area (Å²) >= 11 is 1.18. The molecule has 1 aromatic rings. The summed E-state index contributed by atoms with van der Waals surface area (Å²) in [5, 5.41) is 6.61. The number of hydrogen-bond donors (Lipinski definition) is 2. The van der Waals surface area contributed by atoms with Gasteiger partial charge in [-0.15, -0.1) is 0 Å². The molecule has 3 rings (SSSR count). The van der Waals surface area contributed by atoms with Crippen LogP contribution in [0.5, 0.6) is 0 Å². The first-order valence-corrected chi connectivity index (χ1v) is 9.50. The standard InChI is InChI=1S/C17H19F2N3O4S/c1-17(7-13(21-26-17)9-3-10(18)5-11(19)4-9)16(24)20-12-6-14(25-8-12)15(23)22-27-2/h3-5,12,14H,6-8H2,1-2H3,(H,20,24)(H,22,23)/t12-,14-,17-/m1/s1. The van der Waals surface area contributed by atoms with Gasteiger partial charge in [0.15, 0.2) is 0 Å². The molecule has 0 saturated carbocycles. The van der Waals surface area contributed by atoms with Crippen LogP contribution in [0.2, 0.25) is 0 Å². The van der Waals surface area contributed by atoms with E-state index in [2.05, 4.69) is 15.2 Å². The highest BCUT2D eigenvalue weighted by atomic mass is 32.2. The molecule has 0 radical (unpaired) electrons. The summed E-state index contributed by atoms with van der Waals surface area (Å²) in [5.41, 5.74) is -0.800. The molecule has 2 amide bonds. The van der Waals surface area contributed by atoms with Gasteiger partial charge in [-0.05, 0) is 19.1 Å². The molecule has 0 bridgehead atoms. The number of carbonyl (C=O) groups is 2. The Labute approximate surface area is 159 Å². The third kappa shape index (κ3) is 4.38. The van der Waals surface area contributed by atoms with E-state index in [9.17, 15) is 18.4 Å². The molecular formula is C17H19F2N3O4S. The maximum atomic E-state index is 13.4. The van der Waals surface area contributed by atoms with Gasteiger partial charge in [0.1, 0.15) is 17.7 Å². The zero-order chi connectivity index (χ0) is 19.6. The molecule has 1 aromatic carbocycles. The lowest BCUT2D eigenvalue weighted by molar-refractivity contribution is -0.142. The normalized spacial score (nSPS) is 27.0. The lowest BCUT2D eigenvalue weighted by Crippen LogP contribution is -2.49. The van der Waals surface area contributed by atoms with Gasteiger partial charge in [-0.1, -0.05) is 17.1 Å². The smallest absolute Gasteiger partial charge is 0.267 e. The summed E-state index contributed by atoms with van der Waals surface area (Å²) in [5.74, 6) is -2.15. The van der Waals surface area contributed by atoms with Crippen LogP contribution in [0, 0.1) is 11.6 Å². The van der Waals surface area contributed by atoms with Gasteiger partial charge in [-0.3, -0.25) is 14.3 Å². The number of carbonyl (C=O) groups excluding carboxylic acids is 2. The number of halogens is 2. The zero-order valence-corrected chi connectivity index (χ0v) is 15.6. The number of nitrogens with one attached hydrogen (secondary N) is 2. The molecule has 2 aliphatic heterocycles. The van der Waals surface area contributed by atoms with Crippen LogP contribution in [-0.2, 0) is 19.2 Å². The molecule has 7 nitrogen and oxygen atoms in total. The Morgan fingerprint density at radius 3 is 2.67 bits per heavy atom. The first-order chi connectivity index (χ1) is 12.8. The highest BCUT2D eigenvalue weighted by molar-refractivity contribution is 7.97. The molecule has 1 fully saturated rings. The lowest BCUT2D eigenvalue weighted by Gasteiger charge is -2.22. The Bertz CT molecular complexity index is 771. The number of benzene rings is 1. The van der Waals surface area contributed by atoms with E-state index in [1.807, 2.05) is 0 Å². The van der Waals surface area contributed by atoms with Crippen molar-refractivity contribution in [1.29, 1.82) is 0 Å². The second kappa shape index (κ2) is 7.81. The molecule has 0 aliphatic carbocycles. The largest absolute Gasteiger partial charge is 0.379 e. The maximum Gasteiger partial charge on any atom is 0.267 e. The Kier molecular flexibility index (Phi) is 5.66. The predicted octanol–water partition coefficient (Wildman–Crippen LogP) is 1.52. The minimum Gasteiger partial charge on any atom is -0.379 e. The minimum atomic E-state index is -1.31. The van der Waals surface area contributed by atoms with Crippen molar-refractivity contribution in [3.63, 3.8) is 0 Å². The van der Waals surface area contributed by atoms with Gasteiger partial charge in [-0.2, -0.15) is 0 Å². The van der Waals surface area contributed by atoms with E-state index in [0.29, 0.717) is 6.42 Å². The molecule has 146 valence electrons. The number of rotatable bonds is 5. The predicted molar refractivity (Wildman–Crippen MR) is 94.9 cm³/mol. The van der Waals surface area contributed by atoms with Crippen LogP contribution in [0.3, 0.4) is 0 Å². The van der Waals surface area contributed by atoms with Gasteiger partial charge in [0.25, 0.3) is 11.8 Å². The van der Waals surface area contributed by atoms with E-state index in [-0.39, 0.29) is 36.3 Å². The van der Waals surface area contributed by atoms with Crippen molar-refractivity contribution in [2.24, 2.45) is 5.16 Å². The SMILES string of the molecule is CSNC(=O)[C@H]1C[C@@H](NC(=O)[C@@]2(C)CC(c3cc(F)cc(F)c3)=NO2)CO1. The van der Waals surface area contributed by atoms with Gasteiger partial charge in [0.05, 0.1) is 18.4 Å². The van der Waals surface area contributed by atoms with Gasteiger partial charge < -0.3 is 14.9 Å². The average molecular weight is 399 g/mol. The summed E-state index contributed by atoms with van der Waals surface area (Å²) in [6.45, 7) is 1.75. The second-order valence-corrected chi connectivity index (χ2v) is 7.21. The van der Waals surface area contributed by atoms with Crippen molar-refractivity contribution in [1.82, 2.24) is 10.0 Å². The first-order valence-electron chi connectivity index (χ1n) is 8.27. The molecule has 0 spiro atoms. The summed E-state index contributed by atoms with van der Waals surface area (Å²) < 4.78 is 34.8. The first kappa shape index (κ1) is 19.6. The van der Waals surface area contributed by atoms with Crippen molar-refractivity contribution in [2.45, 2.75) is 37.5 Å². The van der Waals surface area contributed by atoms with Gasteiger partial charge in [0.2, 0.25) is 5.60 Å². The van der Waals surface area contributed by atoms with Gasteiger partial charge in [-0.25, -0.2) is 8.78 Å². The number of amides is 2. The van der Waals surface area contributed by atoms with Crippen LogP contribution < -0.4 is 10.0 Å². The van der Waals surface area contributed by atoms with Crippen LogP contribution >= 0.6 is 11.9 Å². The average Bonchev–Trinajstić information content (AvgIpc) is 3.22. The number of hydrogen-bond acceptors (Lipinski definition) is 6. The fourth-order valence-corrected chi connectivity index (χ4v) is 3.28. The lowest BCUT2D eigenvalue weighted by atomic mass is 9.94. The number of nitrogens with zero attached hydrogens (tertiary/aromatic N) is 1. The molecule has 0 aromatic heterocycles. The summed E-state index contributed by atoms with van der Waals surface area (Å²) in [6.07, 6.45) is 1.51. The molecule has 27 heavy (non-hydrogen) atoms. The van der Waals surface area contributed by atoms with Crippen molar-refractivity contribution < 1.29 is 27.9 Å². The topological polar surface area (TPSA) is 89.0 Å². The molecule has 2 N–H and O–H groups in total. The quantitative estimate of drug-likeness (QED) is 0.733. The molecule has 3 atom stereocenters. The zero-order valence-electron chi connectivity index (χ0n) is 14.8. The molecular weight excluding hydrogens is 380 g/mol. The van der Waals surface area contributed by atoms with E-state index in [4.69, 9.17) is 9.57 Å². The highest BCUT2D eigenvalue weighted by Crippen LogP contribution is 2.28. The maximum absolute atomic E-state index is 13.4. The Balaban J connectivity index is 1.59. The fourth-order valence-electron chi connectivity index (χ4n) is 2.95. The summed E-state index contributed by atoms with van der Waals surface area (Å²) in [6, 6.07) is 2.69. The monoisotopic (exact) mass is 399 g/mol. The number of oxime groups is 1. The van der Waals surface area contributed by atoms with Crippen LogP contribution in [0.25, 0.3) is 0 Å². The fraction of sp³-hybridized carbons (Fsp3) is 0.471. The summed E-state index contributed by atoms with van der Waals surface area (Å²) in [7, 11) is 0. The number of ether oxygens (including phenoxy) is 1. The summed E-state index contributed by atoms with van der Waals surface area (Å²) in [4.78, 5) is 29.7. The second-order valence-electron chi connectivity index (χ2n) is 6.59. The van der Waals surface area contributed by atoms with E-state index < -0.39 is 29.2 Å². The van der Waals surface area contributed by atoms with Crippen LogP contribution in [0.4, 0.5) is 8.78 Å². The van der Waals surface area contributed by atoms with Crippen molar-refractivity contribution >= 4 is 29.5 Å². The Morgan fingerprint density at radius 1 is 1.30 bits per heavy atom. The van der Waals surface area contributed by atoms with E-state index in [0.717, 1.165) is 18.2 Å². The molecule has 0 unspecified atom stereocenters. The third-order valence-corrected chi connectivity index (χ3v) is 4.77. The van der Waals surface area contributed by atoms with E-state index >= 15 is 0 Å². The van der Waals surface area contributed by atoms with Crippen LogP contribution in [-0.4, -0.2) is 48.1 Å². The van der Waals surface area contributed by atoms with Crippen LogP contribution in [0.15, 0.2) is 23.4 Å².